The molecule has 1 rings (SSSR count). The van der Waals surface area contributed by atoms with Gasteiger partial charge in [-0.25, -0.2) is 0 Å². The van der Waals surface area contributed by atoms with E-state index in [1.165, 1.54) is 0 Å². The summed E-state index contributed by atoms with van der Waals surface area (Å²) in [6.45, 7) is -0.266. The maximum absolute atomic E-state index is 12.5. The van der Waals surface area contributed by atoms with Gasteiger partial charge in [-0.2, -0.15) is 22.0 Å². The highest BCUT2D eigenvalue weighted by atomic mass is 19.4. The van der Waals surface area contributed by atoms with Crippen LogP contribution in [0.15, 0.2) is 10.6 Å². The zero-order valence-electron chi connectivity index (χ0n) is 6.61. The summed E-state index contributed by atoms with van der Waals surface area (Å²) in [5.74, 6) is -6.58. The van der Waals surface area contributed by atoms with E-state index in [0.717, 1.165) is 0 Å². The molecule has 0 saturated heterocycles. The molecular weight excluding hydrogens is 211 g/mol. The van der Waals surface area contributed by atoms with Crippen molar-refractivity contribution in [1.82, 2.24) is 5.16 Å². The van der Waals surface area contributed by atoms with E-state index in [-0.39, 0.29) is 12.2 Å². The number of nitrogens with two attached hydrogens (primary N) is 1. The van der Waals surface area contributed by atoms with E-state index in [1.807, 2.05) is 0 Å². The van der Waals surface area contributed by atoms with Gasteiger partial charge < -0.3 is 10.3 Å². The van der Waals surface area contributed by atoms with Gasteiger partial charge in [0.1, 0.15) is 0 Å². The first-order valence-corrected chi connectivity index (χ1v) is 3.39. The second kappa shape index (κ2) is 3.19. The van der Waals surface area contributed by atoms with E-state index >= 15 is 0 Å². The molecule has 0 amide bonds. The maximum atomic E-state index is 12.5. The predicted molar refractivity (Wildman–Crippen MR) is 34.3 cm³/mol. The van der Waals surface area contributed by atoms with Crippen LogP contribution in [0.2, 0.25) is 0 Å². The first kappa shape index (κ1) is 10.9. The second-order valence-corrected chi connectivity index (χ2v) is 2.46. The van der Waals surface area contributed by atoms with Crippen LogP contribution < -0.4 is 5.73 Å². The van der Waals surface area contributed by atoms with E-state index in [1.54, 1.807) is 0 Å². The zero-order valence-corrected chi connectivity index (χ0v) is 6.61. The van der Waals surface area contributed by atoms with Crippen molar-refractivity contribution in [3.63, 3.8) is 0 Å². The molecule has 0 aromatic carbocycles. The summed E-state index contributed by atoms with van der Waals surface area (Å²) in [7, 11) is 0. The number of nitrogens with zero attached hydrogens (tertiary/aromatic N) is 1. The summed E-state index contributed by atoms with van der Waals surface area (Å²) in [4.78, 5) is 0. The average molecular weight is 216 g/mol. The second-order valence-electron chi connectivity index (χ2n) is 2.46. The molecule has 0 saturated carbocycles. The van der Waals surface area contributed by atoms with Crippen LogP contribution >= 0.6 is 0 Å². The van der Waals surface area contributed by atoms with Crippen LogP contribution in [0.5, 0.6) is 0 Å². The minimum atomic E-state index is -5.70. The molecule has 1 aromatic rings. The van der Waals surface area contributed by atoms with Gasteiger partial charge in [-0.3, -0.25) is 0 Å². The smallest absolute Gasteiger partial charge is 0.354 e. The Morgan fingerprint density at radius 1 is 1.29 bits per heavy atom. The van der Waals surface area contributed by atoms with E-state index in [0.29, 0.717) is 6.07 Å². The molecule has 14 heavy (non-hydrogen) atoms. The van der Waals surface area contributed by atoms with Gasteiger partial charge >= 0.3 is 12.1 Å². The van der Waals surface area contributed by atoms with Crippen molar-refractivity contribution in [3.05, 3.63) is 17.5 Å². The van der Waals surface area contributed by atoms with Crippen molar-refractivity contribution in [2.75, 3.05) is 0 Å². The number of hydrogen-bond acceptors (Lipinski definition) is 3. The summed E-state index contributed by atoms with van der Waals surface area (Å²) in [5.41, 5.74) is 4.80. The standard InChI is InChI=1S/C6H5F5N2O/c7-5(8,6(9,10)11)4-1-3(2-12)13-14-4/h1H,2,12H2. The Bertz CT molecular complexity index is 318. The summed E-state index contributed by atoms with van der Waals surface area (Å²) in [6, 6.07) is 0.480. The minimum Gasteiger partial charge on any atom is -0.354 e. The van der Waals surface area contributed by atoms with Crippen molar-refractivity contribution in [1.29, 1.82) is 0 Å². The van der Waals surface area contributed by atoms with E-state index < -0.39 is 17.9 Å². The SMILES string of the molecule is NCc1cc(C(F)(F)C(F)(F)F)on1. The third kappa shape index (κ3) is 1.69. The zero-order chi connectivity index (χ0) is 11.0. The molecule has 2 N–H and O–H groups in total. The van der Waals surface area contributed by atoms with Crippen molar-refractivity contribution in [2.45, 2.75) is 18.6 Å². The number of alkyl halides is 5. The molecule has 0 fully saturated rings. The van der Waals surface area contributed by atoms with Gasteiger partial charge in [-0.1, -0.05) is 5.16 Å². The number of rotatable bonds is 2. The summed E-state index contributed by atoms with van der Waals surface area (Å²) in [5, 5.41) is 2.93. The number of aromatic nitrogens is 1. The molecule has 0 unspecified atom stereocenters. The number of halogens is 5. The summed E-state index contributed by atoms with van der Waals surface area (Å²) < 4.78 is 64.2. The molecule has 80 valence electrons. The normalized spacial score (nSPS) is 13.3. The Morgan fingerprint density at radius 2 is 1.86 bits per heavy atom. The van der Waals surface area contributed by atoms with Gasteiger partial charge in [0.15, 0.2) is 0 Å². The van der Waals surface area contributed by atoms with Gasteiger partial charge in [0.05, 0.1) is 5.69 Å². The van der Waals surface area contributed by atoms with E-state index in [2.05, 4.69) is 9.68 Å². The van der Waals surface area contributed by atoms with Crippen LogP contribution in [0, 0.1) is 0 Å². The average Bonchev–Trinajstić information content (AvgIpc) is 2.49. The van der Waals surface area contributed by atoms with Crippen LogP contribution in [-0.2, 0) is 12.5 Å². The van der Waals surface area contributed by atoms with Crippen LogP contribution in [0.1, 0.15) is 11.5 Å². The first-order valence-electron chi connectivity index (χ1n) is 3.39. The molecule has 0 aliphatic heterocycles. The quantitative estimate of drug-likeness (QED) is 0.766. The Hall–Kier alpha value is -1.18. The van der Waals surface area contributed by atoms with Crippen molar-refractivity contribution in [3.8, 4) is 0 Å². The molecule has 0 aliphatic rings. The molecule has 1 heterocycles. The van der Waals surface area contributed by atoms with Gasteiger partial charge in [0, 0.05) is 12.6 Å². The molecule has 0 spiro atoms. The Morgan fingerprint density at radius 3 is 2.21 bits per heavy atom. The Kier molecular flexibility index (Phi) is 2.49. The highest BCUT2D eigenvalue weighted by molar-refractivity contribution is 5.11. The third-order valence-electron chi connectivity index (χ3n) is 1.43. The van der Waals surface area contributed by atoms with Crippen molar-refractivity contribution in [2.24, 2.45) is 5.73 Å². The van der Waals surface area contributed by atoms with Crippen molar-refractivity contribution < 1.29 is 26.5 Å². The lowest BCUT2D eigenvalue weighted by molar-refractivity contribution is -0.296. The fourth-order valence-corrected chi connectivity index (χ4v) is 0.696. The monoisotopic (exact) mass is 216 g/mol. The highest BCUT2D eigenvalue weighted by Crippen LogP contribution is 2.43. The fraction of sp³-hybridized carbons (Fsp3) is 0.500. The van der Waals surface area contributed by atoms with Gasteiger partial charge in [0.2, 0.25) is 5.76 Å². The lowest BCUT2D eigenvalue weighted by atomic mass is 10.2. The molecule has 0 radical (unpaired) electrons. The molecule has 0 aliphatic carbocycles. The molecule has 1 aromatic heterocycles. The third-order valence-corrected chi connectivity index (χ3v) is 1.43. The topological polar surface area (TPSA) is 52.0 Å². The first-order chi connectivity index (χ1) is 6.29. The molecule has 8 heteroatoms. The Labute approximate surface area is 74.7 Å². The van der Waals surface area contributed by atoms with E-state index in [9.17, 15) is 22.0 Å². The van der Waals surface area contributed by atoms with Crippen LogP contribution in [0.4, 0.5) is 22.0 Å². The van der Waals surface area contributed by atoms with Gasteiger partial charge in [-0.05, 0) is 0 Å². The number of hydrogen-bond donors (Lipinski definition) is 1. The van der Waals surface area contributed by atoms with Crippen LogP contribution in [-0.4, -0.2) is 11.3 Å². The van der Waals surface area contributed by atoms with Gasteiger partial charge in [0.25, 0.3) is 0 Å². The minimum absolute atomic E-state index is 0.163. The largest absolute Gasteiger partial charge is 0.461 e. The Balaban J connectivity index is 3.04. The van der Waals surface area contributed by atoms with Gasteiger partial charge in [-0.15, -0.1) is 0 Å². The molecule has 0 atom stereocenters. The molecule has 0 bridgehead atoms. The summed E-state index contributed by atoms with van der Waals surface area (Å²) >= 11 is 0. The molecule has 3 nitrogen and oxygen atoms in total. The van der Waals surface area contributed by atoms with Crippen molar-refractivity contribution >= 4 is 0 Å². The van der Waals surface area contributed by atoms with Crippen LogP contribution in [0.3, 0.4) is 0 Å². The van der Waals surface area contributed by atoms with E-state index in [4.69, 9.17) is 5.73 Å². The lowest BCUT2D eigenvalue weighted by Gasteiger charge is -2.15. The maximum Gasteiger partial charge on any atom is 0.461 e. The predicted octanol–water partition coefficient (Wildman–Crippen LogP) is 1.79. The lowest BCUT2D eigenvalue weighted by Crippen LogP contribution is -2.33. The van der Waals surface area contributed by atoms with Crippen LogP contribution in [0.25, 0.3) is 0 Å². The molecular formula is C6H5F5N2O. The fourth-order valence-electron chi connectivity index (χ4n) is 0.696. The highest BCUT2D eigenvalue weighted by Gasteiger charge is 2.61. The summed E-state index contributed by atoms with van der Waals surface area (Å²) in [6.07, 6.45) is -5.70.